The zero-order chi connectivity index (χ0) is 16.4. The highest BCUT2D eigenvalue weighted by Crippen LogP contribution is 2.25. The Balaban J connectivity index is 2.04. The van der Waals surface area contributed by atoms with Crippen molar-refractivity contribution in [1.82, 2.24) is 14.5 Å². The summed E-state index contributed by atoms with van der Waals surface area (Å²) >= 11 is 0. The second kappa shape index (κ2) is 6.24. The smallest absolute Gasteiger partial charge is 0.311 e. The van der Waals surface area contributed by atoms with Crippen LogP contribution < -0.4 is 0 Å². The quantitative estimate of drug-likeness (QED) is 0.677. The maximum Gasteiger partial charge on any atom is 0.311 e. The normalized spacial score (nSPS) is 11.1. The Labute approximate surface area is 134 Å². The van der Waals surface area contributed by atoms with E-state index in [-0.39, 0.29) is 12.4 Å². The molecule has 23 heavy (non-hydrogen) atoms. The van der Waals surface area contributed by atoms with E-state index in [4.69, 9.17) is 4.42 Å². The lowest BCUT2D eigenvalue weighted by Crippen LogP contribution is -2.05. The predicted molar refractivity (Wildman–Crippen MR) is 86.0 cm³/mol. The van der Waals surface area contributed by atoms with Gasteiger partial charge in [0.2, 0.25) is 0 Å². The van der Waals surface area contributed by atoms with Crippen LogP contribution in [0.15, 0.2) is 28.9 Å². The maximum atomic E-state index is 11.4. The van der Waals surface area contributed by atoms with E-state index >= 15 is 0 Å². The molecule has 0 saturated carbocycles. The van der Waals surface area contributed by atoms with E-state index in [1.165, 1.54) is 13.4 Å². The third-order valence-electron chi connectivity index (χ3n) is 3.65. The fourth-order valence-corrected chi connectivity index (χ4v) is 2.56. The summed E-state index contributed by atoms with van der Waals surface area (Å²) in [5.74, 6) is 0.761. The molecular weight excluding hydrogens is 294 g/mol. The van der Waals surface area contributed by atoms with Crippen LogP contribution in [0.5, 0.6) is 0 Å². The number of ether oxygens (including phenoxy) is 1. The lowest BCUT2D eigenvalue weighted by Gasteiger charge is -2.04. The highest BCUT2D eigenvalue weighted by atomic mass is 16.5. The molecule has 0 N–H and O–H groups in total. The lowest BCUT2D eigenvalue weighted by molar-refractivity contribution is -0.139. The third kappa shape index (κ3) is 2.97. The number of esters is 1. The van der Waals surface area contributed by atoms with Crippen molar-refractivity contribution in [3.8, 4) is 11.7 Å². The molecule has 3 aromatic rings. The van der Waals surface area contributed by atoms with Gasteiger partial charge in [0, 0.05) is 6.54 Å². The number of carbonyl (C=O) groups is 1. The Hall–Kier alpha value is -2.63. The van der Waals surface area contributed by atoms with Crippen LogP contribution >= 0.6 is 0 Å². The van der Waals surface area contributed by atoms with Gasteiger partial charge in [-0.05, 0) is 31.0 Å². The highest BCUT2D eigenvalue weighted by molar-refractivity contribution is 5.80. The van der Waals surface area contributed by atoms with Crippen LogP contribution in [0.25, 0.3) is 22.7 Å². The first-order chi connectivity index (χ1) is 11.1. The molecule has 1 aromatic carbocycles. The van der Waals surface area contributed by atoms with E-state index in [1.807, 2.05) is 13.0 Å². The molecule has 2 aromatic heterocycles. The molecule has 120 valence electrons. The molecule has 0 aliphatic rings. The van der Waals surface area contributed by atoms with Crippen molar-refractivity contribution in [2.45, 2.75) is 33.2 Å². The van der Waals surface area contributed by atoms with Gasteiger partial charge in [-0.15, -0.1) is 0 Å². The Kier molecular flexibility index (Phi) is 4.14. The molecular formula is C17H19N3O3. The van der Waals surface area contributed by atoms with Gasteiger partial charge in [-0.3, -0.25) is 4.79 Å². The van der Waals surface area contributed by atoms with E-state index in [2.05, 4.69) is 38.3 Å². The summed E-state index contributed by atoms with van der Waals surface area (Å²) in [4.78, 5) is 20.4. The molecule has 0 unspecified atom stereocenters. The summed E-state index contributed by atoms with van der Waals surface area (Å²) in [5.41, 5.74) is 3.67. The molecule has 0 fully saturated rings. The first kappa shape index (κ1) is 15.3. The van der Waals surface area contributed by atoms with Crippen molar-refractivity contribution in [3.05, 3.63) is 35.7 Å². The molecule has 2 heterocycles. The second-order valence-corrected chi connectivity index (χ2v) is 5.48. The molecule has 0 radical (unpaired) electrons. The van der Waals surface area contributed by atoms with E-state index < -0.39 is 0 Å². The van der Waals surface area contributed by atoms with Crippen LogP contribution in [0.4, 0.5) is 0 Å². The zero-order valence-corrected chi connectivity index (χ0v) is 13.5. The molecule has 3 rings (SSSR count). The van der Waals surface area contributed by atoms with Gasteiger partial charge in [0.25, 0.3) is 5.89 Å². The number of aromatic nitrogens is 3. The Morgan fingerprint density at radius 3 is 2.91 bits per heavy atom. The van der Waals surface area contributed by atoms with E-state index in [0.29, 0.717) is 17.4 Å². The molecule has 0 amide bonds. The first-order valence-electron chi connectivity index (χ1n) is 7.61. The molecule has 0 spiro atoms. The molecule has 0 atom stereocenters. The third-order valence-corrected chi connectivity index (χ3v) is 3.65. The number of benzene rings is 1. The fraction of sp³-hybridized carbons (Fsp3) is 0.353. The fourth-order valence-electron chi connectivity index (χ4n) is 2.56. The van der Waals surface area contributed by atoms with Gasteiger partial charge in [-0.2, -0.15) is 0 Å². The van der Waals surface area contributed by atoms with Crippen LogP contribution in [0.2, 0.25) is 0 Å². The average Bonchev–Trinajstić information content (AvgIpc) is 3.12. The molecule has 6 heteroatoms. The minimum Gasteiger partial charge on any atom is -0.469 e. The number of carbonyl (C=O) groups excluding carboxylic acids is 1. The van der Waals surface area contributed by atoms with Gasteiger partial charge in [0.05, 0.1) is 30.3 Å². The Morgan fingerprint density at radius 1 is 1.35 bits per heavy atom. The van der Waals surface area contributed by atoms with Crippen molar-refractivity contribution >= 4 is 17.0 Å². The maximum absolute atomic E-state index is 11.4. The lowest BCUT2D eigenvalue weighted by atomic mass is 10.2. The number of imidazole rings is 1. The first-order valence-corrected chi connectivity index (χ1v) is 7.61. The minimum atomic E-state index is -0.345. The van der Waals surface area contributed by atoms with Crippen LogP contribution in [0, 0.1) is 6.92 Å². The zero-order valence-electron chi connectivity index (χ0n) is 13.5. The van der Waals surface area contributed by atoms with Crippen molar-refractivity contribution in [3.63, 3.8) is 0 Å². The van der Waals surface area contributed by atoms with E-state index in [1.54, 1.807) is 0 Å². The highest BCUT2D eigenvalue weighted by Gasteiger charge is 2.18. The van der Waals surface area contributed by atoms with Gasteiger partial charge >= 0.3 is 5.97 Å². The van der Waals surface area contributed by atoms with Crippen molar-refractivity contribution in [2.24, 2.45) is 0 Å². The number of hydrogen-bond acceptors (Lipinski definition) is 5. The number of methoxy groups -OCH3 is 1. The standard InChI is InChI=1S/C17H19N3O3/c1-4-7-20-14-6-5-11(2)8-13(14)19-16(20)17-18-12(10-23-17)9-15(21)22-3/h5-6,8,10H,4,7,9H2,1-3H3. The summed E-state index contributed by atoms with van der Waals surface area (Å²) in [6.07, 6.45) is 2.54. The largest absolute Gasteiger partial charge is 0.469 e. The Bertz CT molecular complexity index is 848. The molecule has 0 aliphatic heterocycles. The Morgan fingerprint density at radius 2 is 2.17 bits per heavy atom. The van der Waals surface area contributed by atoms with Gasteiger partial charge in [0.1, 0.15) is 6.26 Å². The molecule has 0 aliphatic carbocycles. The monoisotopic (exact) mass is 313 g/mol. The number of aryl methyl sites for hydroxylation is 2. The molecule has 0 bridgehead atoms. The van der Waals surface area contributed by atoms with Crippen molar-refractivity contribution in [1.29, 1.82) is 0 Å². The number of fused-ring (bicyclic) bond motifs is 1. The van der Waals surface area contributed by atoms with Gasteiger partial charge in [-0.25, -0.2) is 9.97 Å². The molecule has 0 saturated heterocycles. The number of rotatable bonds is 5. The predicted octanol–water partition coefficient (Wildman–Crippen LogP) is 3.13. The molecule has 6 nitrogen and oxygen atoms in total. The van der Waals surface area contributed by atoms with Crippen LogP contribution in [-0.4, -0.2) is 27.6 Å². The minimum absolute atomic E-state index is 0.0904. The summed E-state index contributed by atoms with van der Waals surface area (Å²) in [6, 6.07) is 6.18. The summed E-state index contributed by atoms with van der Waals surface area (Å²) in [5, 5.41) is 0. The van der Waals surface area contributed by atoms with E-state index in [0.717, 1.165) is 29.6 Å². The summed E-state index contributed by atoms with van der Waals surface area (Å²) in [6.45, 7) is 4.98. The van der Waals surface area contributed by atoms with Crippen LogP contribution in [-0.2, 0) is 22.5 Å². The topological polar surface area (TPSA) is 70.2 Å². The second-order valence-electron chi connectivity index (χ2n) is 5.48. The number of oxazole rings is 1. The van der Waals surface area contributed by atoms with Crippen LogP contribution in [0.3, 0.4) is 0 Å². The average molecular weight is 313 g/mol. The summed E-state index contributed by atoms with van der Waals surface area (Å²) < 4.78 is 12.3. The SMILES string of the molecule is CCCn1c(-c2nc(CC(=O)OC)co2)nc2cc(C)ccc21. The van der Waals surface area contributed by atoms with Gasteiger partial charge in [0.15, 0.2) is 5.82 Å². The number of hydrogen-bond donors (Lipinski definition) is 0. The van der Waals surface area contributed by atoms with Crippen LogP contribution in [0.1, 0.15) is 24.6 Å². The van der Waals surface area contributed by atoms with Gasteiger partial charge < -0.3 is 13.7 Å². The van der Waals surface area contributed by atoms with Gasteiger partial charge in [-0.1, -0.05) is 13.0 Å². The summed E-state index contributed by atoms with van der Waals surface area (Å²) in [7, 11) is 1.35. The van der Waals surface area contributed by atoms with Crippen molar-refractivity contribution < 1.29 is 13.9 Å². The van der Waals surface area contributed by atoms with Crippen molar-refractivity contribution in [2.75, 3.05) is 7.11 Å². The number of nitrogens with zero attached hydrogens (tertiary/aromatic N) is 3. The van der Waals surface area contributed by atoms with E-state index in [9.17, 15) is 4.79 Å².